The smallest absolute Gasteiger partial charge is 0.0113 e. The topological polar surface area (TPSA) is 29.3 Å². The Balaban J connectivity index is 1.67. The second kappa shape index (κ2) is 5.13. The van der Waals surface area contributed by atoms with E-state index < -0.39 is 0 Å². The highest BCUT2D eigenvalue weighted by atomic mass is 15.2. The van der Waals surface area contributed by atoms with Gasteiger partial charge in [-0.3, -0.25) is 4.90 Å². The Morgan fingerprint density at radius 1 is 1.00 bits per heavy atom. The molecule has 2 atom stereocenters. The monoisotopic (exact) mass is 250 g/mol. The first-order valence-electron chi connectivity index (χ1n) is 8.18. The fourth-order valence-electron chi connectivity index (χ4n) is 4.78. The summed E-state index contributed by atoms with van der Waals surface area (Å²) in [5.74, 6) is 0. The largest absolute Gasteiger partial charge is 0.328 e. The van der Waals surface area contributed by atoms with E-state index >= 15 is 0 Å². The van der Waals surface area contributed by atoms with Crippen LogP contribution in [0.3, 0.4) is 0 Å². The molecule has 2 heteroatoms. The highest BCUT2D eigenvalue weighted by molar-refractivity contribution is 4.96. The van der Waals surface area contributed by atoms with Gasteiger partial charge in [-0.25, -0.2) is 0 Å². The van der Waals surface area contributed by atoms with Crippen LogP contribution >= 0.6 is 0 Å². The standard InChI is InChI=1S/C16H30N2/c1-16(8-3-2-4-9-16)12-18-14-6-5-7-15(18)11-13(17)10-14/h13-15H,2-12,17H2,1H3. The molecule has 0 radical (unpaired) electrons. The average molecular weight is 250 g/mol. The summed E-state index contributed by atoms with van der Waals surface area (Å²) < 4.78 is 0. The van der Waals surface area contributed by atoms with Crippen LogP contribution in [0.25, 0.3) is 0 Å². The summed E-state index contributed by atoms with van der Waals surface area (Å²) in [6.07, 6.45) is 14.0. The third kappa shape index (κ3) is 2.60. The van der Waals surface area contributed by atoms with Crippen LogP contribution in [0, 0.1) is 5.41 Å². The van der Waals surface area contributed by atoms with E-state index in [1.54, 1.807) is 0 Å². The molecule has 2 heterocycles. The third-order valence-corrected chi connectivity index (χ3v) is 5.79. The molecule has 2 nitrogen and oxygen atoms in total. The first kappa shape index (κ1) is 12.9. The quantitative estimate of drug-likeness (QED) is 0.815. The molecule has 104 valence electrons. The maximum atomic E-state index is 6.23. The van der Waals surface area contributed by atoms with Crippen LogP contribution in [-0.4, -0.2) is 29.6 Å². The van der Waals surface area contributed by atoms with E-state index in [1.807, 2.05) is 0 Å². The molecule has 3 fully saturated rings. The molecule has 1 aliphatic carbocycles. The van der Waals surface area contributed by atoms with Crippen molar-refractivity contribution in [2.75, 3.05) is 6.54 Å². The Kier molecular flexibility index (Phi) is 3.68. The van der Waals surface area contributed by atoms with Gasteiger partial charge in [0.25, 0.3) is 0 Å². The molecule has 0 aromatic rings. The van der Waals surface area contributed by atoms with Gasteiger partial charge in [0.2, 0.25) is 0 Å². The van der Waals surface area contributed by atoms with E-state index in [-0.39, 0.29) is 0 Å². The van der Waals surface area contributed by atoms with E-state index in [1.165, 1.54) is 70.8 Å². The van der Waals surface area contributed by atoms with Crippen molar-refractivity contribution in [3.63, 3.8) is 0 Å². The number of fused-ring (bicyclic) bond motifs is 2. The number of piperidine rings is 2. The van der Waals surface area contributed by atoms with Crippen LogP contribution in [-0.2, 0) is 0 Å². The summed E-state index contributed by atoms with van der Waals surface area (Å²) in [6.45, 7) is 3.89. The molecule has 0 spiro atoms. The van der Waals surface area contributed by atoms with E-state index in [9.17, 15) is 0 Å². The minimum atomic E-state index is 0.482. The maximum absolute atomic E-state index is 6.23. The highest BCUT2D eigenvalue weighted by Crippen LogP contribution is 2.41. The zero-order chi connectivity index (χ0) is 12.6. The number of hydrogen-bond acceptors (Lipinski definition) is 2. The van der Waals surface area contributed by atoms with Gasteiger partial charge in [0.15, 0.2) is 0 Å². The lowest BCUT2D eigenvalue weighted by Crippen LogP contribution is -2.57. The van der Waals surface area contributed by atoms with Gasteiger partial charge in [0.05, 0.1) is 0 Å². The summed E-state index contributed by atoms with van der Waals surface area (Å²) in [5.41, 5.74) is 6.83. The molecule has 2 saturated heterocycles. The van der Waals surface area contributed by atoms with Gasteiger partial charge in [-0.05, 0) is 43.9 Å². The summed E-state index contributed by atoms with van der Waals surface area (Å²) >= 11 is 0. The zero-order valence-electron chi connectivity index (χ0n) is 12.0. The molecule has 0 aromatic heterocycles. The van der Waals surface area contributed by atoms with Gasteiger partial charge >= 0.3 is 0 Å². The predicted octanol–water partition coefficient (Wildman–Crippen LogP) is 3.30. The highest BCUT2D eigenvalue weighted by Gasteiger charge is 2.40. The number of nitrogens with two attached hydrogens (primary N) is 1. The molecular weight excluding hydrogens is 220 g/mol. The van der Waals surface area contributed by atoms with E-state index in [0.29, 0.717) is 11.5 Å². The molecule has 2 N–H and O–H groups in total. The number of hydrogen-bond donors (Lipinski definition) is 1. The van der Waals surface area contributed by atoms with Crippen LogP contribution < -0.4 is 5.73 Å². The van der Waals surface area contributed by atoms with Gasteiger partial charge in [-0.15, -0.1) is 0 Å². The van der Waals surface area contributed by atoms with Crippen molar-refractivity contribution in [3.05, 3.63) is 0 Å². The van der Waals surface area contributed by atoms with Gasteiger partial charge in [-0.1, -0.05) is 32.6 Å². The first-order chi connectivity index (χ1) is 8.66. The fraction of sp³-hybridized carbons (Fsp3) is 1.00. The van der Waals surface area contributed by atoms with Crippen LogP contribution in [0.5, 0.6) is 0 Å². The molecule has 2 unspecified atom stereocenters. The van der Waals surface area contributed by atoms with Crippen molar-refractivity contribution in [3.8, 4) is 0 Å². The lowest BCUT2D eigenvalue weighted by atomic mass is 9.73. The van der Waals surface area contributed by atoms with Gasteiger partial charge in [0, 0.05) is 24.7 Å². The van der Waals surface area contributed by atoms with Crippen molar-refractivity contribution in [2.24, 2.45) is 11.1 Å². The molecule has 2 aliphatic heterocycles. The average Bonchev–Trinajstić information content (AvgIpc) is 2.31. The molecule has 2 bridgehead atoms. The van der Waals surface area contributed by atoms with Crippen molar-refractivity contribution < 1.29 is 0 Å². The fourth-order valence-corrected chi connectivity index (χ4v) is 4.78. The Morgan fingerprint density at radius 3 is 2.22 bits per heavy atom. The summed E-state index contributed by atoms with van der Waals surface area (Å²) in [4.78, 5) is 2.87. The summed E-state index contributed by atoms with van der Waals surface area (Å²) in [7, 11) is 0. The molecular formula is C16H30N2. The Labute approximate surface area is 112 Å². The first-order valence-corrected chi connectivity index (χ1v) is 8.18. The summed E-state index contributed by atoms with van der Waals surface area (Å²) in [5, 5.41) is 0. The number of rotatable bonds is 2. The minimum absolute atomic E-state index is 0.482. The molecule has 0 aromatic carbocycles. The van der Waals surface area contributed by atoms with E-state index in [0.717, 1.165) is 12.1 Å². The van der Waals surface area contributed by atoms with Crippen LogP contribution in [0.1, 0.15) is 71.1 Å². The SMILES string of the molecule is CC1(CN2C3CCCC2CC(N)C3)CCCCC1. The predicted molar refractivity (Wildman–Crippen MR) is 76.5 cm³/mol. The van der Waals surface area contributed by atoms with E-state index in [2.05, 4.69) is 11.8 Å². The lowest BCUT2D eigenvalue weighted by Gasteiger charge is -2.52. The molecule has 18 heavy (non-hydrogen) atoms. The van der Waals surface area contributed by atoms with Gasteiger partial charge in [-0.2, -0.15) is 0 Å². The third-order valence-electron chi connectivity index (χ3n) is 5.79. The summed E-state index contributed by atoms with van der Waals surface area (Å²) in [6, 6.07) is 2.10. The second-order valence-corrected chi connectivity index (χ2v) is 7.51. The maximum Gasteiger partial charge on any atom is 0.0113 e. The van der Waals surface area contributed by atoms with Crippen molar-refractivity contribution in [2.45, 2.75) is 89.3 Å². The van der Waals surface area contributed by atoms with Gasteiger partial charge in [0.1, 0.15) is 0 Å². The Morgan fingerprint density at radius 2 is 1.61 bits per heavy atom. The van der Waals surface area contributed by atoms with Crippen molar-refractivity contribution >= 4 is 0 Å². The molecule has 3 aliphatic rings. The lowest BCUT2D eigenvalue weighted by molar-refractivity contribution is -0.0101. The Hall–Kier alpha value is -0.0800. The van der Waals surface area contributed by atoms with Crippen LogP contribution in [0.15, 0.2) is 0 Å². The van der Waals surface area contributed by atoms with Crippen molar-refractivity contribution in [1.29, 1.82) is 0 Å². The number of nitrogens with zero attached hydrogens (tertiary/aromatic N) is 1. The Bertz CT molecular complexity index is 269. The van der Waals surface area contributed by atoms with Crippen LogP contribution in [0.2, 0.25) is 0 Å². The second-order valence-electron chi connectivity index (χ2n) is 7.51. The normalized spacial score (nSPS) is 40.7. The molecule has 0 amide bonds. The minimum Gasteiger partial charge on any atom is -0.328 e. The zero-order valence-corrected chi connectivity index (χ0v) is 12.0. The van der Waals surface area contributed by atoms with Crippen LogP contribution in [0.4, 0.5) is 0 Å². The van der Waals surface area contributed by atoms with E-state index in [4.69, 9.17) is 5.73 Å². The van der Waals surface area contributed by atoms with Crippen molar-refractivity contribution in [1.82, 2.24) is 4.90 Å². The molecule has 3 rings (SSSR count). The van der Waals surface area contributed by atoms with Gasteiger partial charge < -0.3 is 5.73 Å². The molecule has 1 saturated carbocycles.